The van der Waals surface area contributed by atoms with Crippen molar-refractivity contribution in [2.24, 2.45) is 0 Å². The molecule has 2 saturated heterocycles. The highest BCUT2D eigenvalue weighted by molar-refractivity contribution is 5.95. The van der Waals surface area contributed by atoms with Crippen molar-refractivity contribution in [3.05, 3.63) is 17.7 Å². The first kappa shape index (κ1) is 23.2. The standard InChI is InChI=1S/C23H34N2O6/c1-4-28-19-14-16(15-20(29-5-2)21(19)30-6-3)22(26)24-17-9-11-25(12-10-17)23(27)18-8-7-13-31-18/h14-15,17-18H,4-13H2,1-3H3,(H,24,26). The highest BCUT2D eigenvalue weighted by atomic mass is 16.5. The number of carbonyl (C=O) groups excluding carboxylic acids is 2. The van der Waals surface area contributed by atoms with E-state index in [2.05, 4.69) is 5.32 Å². The molecule has 3 rings (SSSR count). The Balaban J connectivity index is 1.64. The monoisotopic (exact) mass is 434 g/mol. The summed E-state index contributed by atoms with van der Waals surface area (Å²) in [6, 6.07) is 3.41. The molecule has 1 aromatic carbocycles. The van der Waals surface area contributed by atoms with Gasteiger partial charge in [0.25, 0.3) is 11.8 Å². The second kappa shape index (κ2) is 11.2. The van der Waals surface area contributed by atoms with Crippen LogP contribution in [0.25, 0.3) is 0 Å². The third-order valence-corrected chi connectivity index (χ3v) is 5.52. The maximum atomic E-state index is 13.0. The van der Waals surface area contributed by atoms with Gasteiger partial charge in [0.15, 0.2) is 11.5 Å². The predicted molar refractivity (Wildman–Crippen MR) is 116 cm³/mol. The van der Waals surface area contributed by atoms with E-state index in [0.29, 0.717) is 62.3 Å². The molecule has 1 unspecified atom stereocenters. The molecule has 2 aliphatic rings. The minimum Gasteiger partial charge on any atom is -0.490 e. The first-order valence-corrected chi connectivity index (χ1v) is 11.3. The van der Waals surface area contributed by atoms with Crippen LogP contribution in [0.4, 0.5) is 0 Å². The summed E-state index contributed by atoms with van der Waals surface area (Å²) in [5, 5.41) is 3.09. The Bertz CT molecular complexity index is 727. The van der Waals surface area contributed by atoms with Crippen LogP contribution in [0.15, 0.2) is 12.1 Å². The summed E-state index contributed by atoms with van der Waals surface area (Å²) in [6.45, 7) is 8.95. The molecule has 172 valence electrons. The number of benzene rings is 1. The van der Waals surface area contributed by atoms with E-state index in [1.54, 1.807) is 12.1 Å². The van der Waals surface area contributed by atoms with Gasteiger partial charge in [-0.25, -0.2) is 0 Å². The van der Waals surface area contributed by atoms with Gasteiger partial charge in [0, 0.05) is 31.3 Å². The minimum atomic E-state index is -0.288. The first-order valence-electron chi connectivity index (χ1n) is 11.3. The fourth-order valence-corrected chi connectivity index (χ4v) is 4.01. The van der Waals surface area contributed by atoms with E-state index in [1.807, 2.05) is 25.7 Å². The van der Waals surface area contributed by atoms with E-state index in [1.165, 1.54) is 0 Å². The van der Waals surface area contributed by atoms with Gasteiger partial charge in [-0.2, -0.15) is 0 Å². The molecule has 8 heteroatoms. The number of likely N-dealkylation sites (tertiary alicyclic amines) is 1. The van der Waals surface area contributed by atoms with Crippen LogP contribution < -0.4 is 19.5 Å². The van der Waals surface area contributed by atoms with E-state index in [9.17, 15) is 9.59 Å². The fourth-order valence-electron chi connectivity index (χ4n) is 4.01. The molecule has 0 aliphatic carbocycles. The van der Waals surface area contributed by atoms with E-state index < -0.39 is 0 Å². The summed E-state index contributed by atoms with van der Waals surface area (Å²) in [5.41, 5.74) is 0.466. The Morgan fingerprint density at radius 1 is 1.00 bits per heavy atom. The lowest BCUT2D eigenvalue weighted by Crippen LogP contribution is -2.49. The smallest absolute Gasteiger partial charge is 0.251 e. The van der Waals surface area contributed by atoms with Crippen LogP contribution in [-0.4, -0.2) is 68.4 Å². The summed E-state index contributed by atoms with van der Waals surface area (Å²) in [4.78, 5) is 27.3. The SMILES string of the molecule is CCOc1cc(C(=O)NC2CCN(C(=O)C3CCCO3)CC2)cc(OCC)c1OCC. The highest BCUT2D eigenvalue weighted by Crippen LogP contribution is 2.39. The molecule has 1 N–H and O–H groups in total. The van der Waals surface area contributed by atoms with Crippen LogP contribution in [0.1, 0.15) is 56.8 Å². The summed E-state index contributed by atoms with van der Waals surface area (Å²) >= 11 is 0. The summed E-state index contributed by atoms with van der Waals surface area (Å²) in [5.74, 6) is 1.41. The van der Waals surface area contributed by atoms with Crippen LogP contribution in [0.3, 0.4) is 0 Å². The Kier molecular flexibility index (Phi) is 8.40. The lowest BCUT2D eigenvalue weighted by atomic mass is 10.0. The number of nitrogens with zero attached hydrogens (tertiary/aromatic N) is 1. The van der Waals surface area contributed by atoms with E-state index in [0.717, 1.165) is 25.7 Å². The van der Waals surface area contributed by atoms with Gasteiger partial charge >= 0.3 is 0 Å². The molecule has 1 aromatic rings. The third kappa shape index (κ3) is 5.81. The van der Waals surface area contributed by atoms with Gasteiger partial charge in [-0.05, 0) is 58.6 Å². The van der Waals surface area contributed by atoms with Gasteiger partial charge < -0.3 is 29.2 Å². The topological polar surface area (TPSA) is 86.3 Å². The average molecular weight is 435 g/mol. The Hall–Kier alpha value is -2.48. The van der Waals surface area contributed by atoms with Crippen LogP contribution >= 0.6 is 0 Å². The first-order chi connectivity index (χ1) is 15.1. The second-order valence-corrected chi connectivity index (χ2v) is 7.68. The third-order valence-electron chi connectivity index (χ3n) is 5.52. The van der Waals surface area contributed by atoms with Crippen LogP contribution in [0.2, 0.25) is 0 Å². The van der Waals surface area contributed by atoms with Crippen molar-refractivity contribution in [2.75, 3.05) is 39.5 Å². The average Bonchev–Trinajstić information content (AvgIpc) is 3.31. The van der Waals surface area contributed by atoms with Gasteiger partial charge in [-0.3, -0.25) is 9.59 Å². The Morgan fingerprint density at radius 2 is 1.61 bits per heavy atom. The number of carbonyl (C=O) groups is 2. The number of nitrogens with one attached hydrogen (secondary N) is 1. The van der Waals surface area contributed by atoms with Crippen molar-refractivity contribution in [3.63, 3.8) is 0 Å². The van der Waals surface area contributed by atoms with Crippen molar-refractivity contribution in [1.29, 1.82) is 0 Å². The molecule has 2 fully saturated rings. The zero-order valence-corrected chi connectivity index (χ0v) is 18.8. The van der Waals surface area contributed by atoms with Crippen LogP contribution in [-0.2, 0) is 9.53 Å². The second-order valence-electron chi connectivity index (χ2n) is 7.68. The molecular weight excluding hydrogens is 400 g/mol. The van der Waals surface area contributed by atoms with Gasteiger partial charge in [0.1, 0.15) is 6.10 Å². The number of rotatable bonds is 9. The quantitative estimate of drug-likeness (QED) is 0.643. The van der Waals surface area contributed by atoms with Gasteiger partial charge in [0.2, 0.25) is 5.75 Å². The highest BCUT2D eigenvalue weighted by Gasteiger charge is 2.31. The number of ether oxygens (including phenoxy) is 4. The van der Waals surface area contributed by atoms with E-state index in [-0.39, 0.29) is 24.0 Å². The lowest BCUT2D eigenvalue weighted by molar-refractivity contribution is -0.142. The fraction of sp³-hybridized carbons (Fsp3) is 0.652. The van der Waals surface area contributed by atoms with Gasteiger partial charge in [0.05, 0.1) is 19.8 Å². The number of hydrogen-bond donors (Lipinski definition) is 1. The molecule has 2 heterocycles. The van der Waals surface area contributed by atoms with Crippen molar-refractivity contribution in [3.8, 4) is 17.2 Å². The van der Waals surface area contributed by atoms with E-state index in [4.69, 9.17) is 18.9 Å². The number of piperidine rings is 1. The van der Waals surface area contributed by atoms with Crippen molar-refractivity contribution >= 4 is 11.8 Å². The molecule has 31 heavy (non-hydrogen) atoms. The minimum absolute atomic E-state index is 0.0127. The summed E-state index contributed by atoms with van der Waals surface area (Å²) in [7, 11) is 0. The summed E-state index contributed by atoms with van der Waals surface area (Å²) < 4.78 is 22.6. The van der Waals surface area contributed by atoms with Gasteiger partial charge in [-0.15, -0.1) is 0 Å². The normalized spacial score (nSPS) is 19.2. The van der Waals surface area contributed by atoms with Crippen molar-refractivity contribution in [1.82, 2.24) is 10.2 Å². The zero-order chi connectivity index (χ0) is 22.2. The maximum absolute atomic E-state index is 13.0. The molecule has 2 amide bonds. The predicted octanol–water partition coefficient (Wildman–Crippen LogP) is 2.78. The van der Waals surface area contributed by atoms with Crippen LogP contribution in [0.5, 0.6) is 17.2 Å². The zero-order valence-electron chi connectivity index (χ0n) is 18.8. The Labute approximate surface area is 184 Å². The number of amides is 2. The molecule has 1 atom stereocenters. The molecular formula is C23H34N2O6. The molecule has 0 spiro atoms. The number of hydrogen-bond acceptors (Lipinski definition) is 6. The van der Waals surface area contributed by atoms with Gasteiger partial charge in [-0.1, -0.05) is 0 Å². The van der Waals surface area contributed by atoms with Crippen molar-refractivity contribution in [2.45, 2.75) is 58.6 Å². The van der Waals surface area contributed by atoms with Crippen molar-refractivity contribution < 1.29 is 28.5 Å². The molecule has 0 saturated carbocycles. The largest absolute Gasteiger partial charge is 0.490 e. The molecule has 0 bridgehead atoms. The molecule has 8 nitrogen and oxygen atoms in total. The summed E-state index contributed by atoms with van der Waals surface area (Å²) in [6.07, 6.45) is 2.90. The maximum Gasteiger partial charge on any atom is 0.251 e. The molecule has 0 radical (unpaired) electrons. The molecule has 2 aliphatic heterocycles. The van der Waals surface area contributed by atoms with Crippen LogP contribution in [0, 0.1) is 0 Å². The molecule has 0 aromatic heterocycles. The Morgan fingerprint density at radius 3 is 2.13 bits per heavy atom. The van der Waals surface area contributed by atoms with E-state index >= 15 is 0 Å². The lowest BCUT2D eigenvalue weighted by Gasteiger charge is -2.33.